The topological polar surface area (TPSA) is 61.2 Å². The number of hydrogen-bond acceptors (Lipinski definition) is 4. The number of carbonyl (C=O) groups excluding carboxylic acids is 2. The summed E-state index contributed by atoms with van der Waals surface area (Å²) < 4.78 is 0. The Bertz CT molecular complexity index is 504. The molecule has 1 aromatic carbocycles. The van der Waals surface area contributed by atoms with Gasteiger partial charge in [0.2, 0.25) is 11.8 Å². The Labute approximate surface area is 103 Å². The standard InChI is InChI=1S/C12H10N2O2S/c1-8-12(16)14(11(15)7-17-8)10-4-2-9(6-13)3-5-10/h2-5,8H,7H2,1H3/t8-/m1/s1. The summed E-state index contributed by atoms with van der Waals surface area (Å²) in [7, 11) is 0. The number of rotatable bonds is 1. The highest BCUT2D eigenvalue weighted by Crippen LogP contribution is 2.26. The third kappa shape index (κ3) is 2.17. The van der Waals surface area contributed by atoms with Crippen molar-refractivity contribution >= 4 is 29.3 Å². The molecule has 17 heavy (non-hydrogen) atoms. The number of anilines is 1. The molecule has 1 fully saturated rings. The van der Waals surface area contributed by atoms with Crippen molar-refractivity contribution in [1.29, 1.82) is 5.26 Å². The summed E-state index contributed by atoms with van der Waals surface area (Å²) in [6.45, 7) is 1.79. The molecule has 5 heteroatoms. The molecule has 2 rings (SSSR count). The molecule has 0 unspecified atom stereocenters. The Morgan fingerprint density at radius 2 is 2.00 bits per heavy atom. The molecule has 0 spiro atoms. The molecular weight excluding hydrogens is 236 g/mol. The lowest BCUT2D eigenvalue weighted by atomic mass is 10.2. The van der Waals surface area contributed by atoms with E-state index >= 15 is 0 Å². The minimum absolute atomic E-state index is 0.198. The van der Waals surface area contributed by atoms with Crippen molar-refractivity contribution in [2.45, 2.75) is 12.2 Å². The lowest BCUT2D eigenvalue weighted by Gasteiger charge is -2.28. The summed E-state index contributed by atoms with van der Waals surface area (Å²) >= 11 is 1.35. The smallest absolute Gasteiger partial charge is 0.246 e. The van der Waals surface area contributed by atoms with E-state index in [1.165, 1.54) is 16.7 Å². The molecule has 4 nitrogen and oxygen atoms in total. The number of imide groups is 1. The van der Waals surface area contributed by atoms with Gasteiger partial charge in [0.1, 0.15) is 0 Å². The van der Waals surface area contributed by atoms with Crippen LogP contribution in [0.3, 0.4) is 0 Å². The van der Waals surface area contributed by atoms with Gasteiger partial charge in [0.05, 0.1) is 28.3 Å². The van der Waals surface area contributed by atoms with E-state index in [0.29, 0.717) is 17.0 Å². The van der Waals surface area contributed by atoms with Gasteiger partial charge in [-0.05, 0) is 31.2 Å². The normalized spacial score (nSPS) is 20.2. The average Bonchev–Trinajstić information content (AvgIpc) is 2.35. The largest absolute Gasteiger partial charge is 0.273 e. The van der Waals surface area contributed by atoms with Gasteiger partial charge in [-0.15, -0.1) is 11.8 Å². The molecule has 1 aliphatic heterocycles. The molecule has 1 heterocycles. The first-order valence-corrected chi connectivity index (χ1v) is 6.17. The third-order valence-electron chi connectivity index (χ3n) is 2.53. The number of nitriles is 1. The van der Waals surface area contributed by atoms with Crippen LogP contribution in [-0.2, 0) is 9.59 Å². The Balaban J connectivity index is 2.33. The summed E-state index contributed by atoms with van der Waals surface area (Å²) in [6.07, 6.45) is 0. The lowest BCUT2D eigenvalue weighted by Crippen LogP contribution is -2.46. The summed E-state index contributed by atoms with van der Waals surface area (Å²) in [5.41, 5.74) is 1.04. The fourth-order valence-electron chi connectivity index (χ4n) is 1.59. The Hall–Kier alpha value is -1.80. The molecule has 86 valence electrons. The van der Waals surface area contributed by atoms with Crippen LogP contribution >= 0.6 is 11.8 Å². The molecule has 1 aliphatic rings. The molecule has 0 bridgehead atoms. The molecule has 0 saturated carbocycles. The fourth-order valence-corrected chi connectivity index (χ4v) is 2.36. The van der Waals surface area contributed by atoms with E-state index in [2.05, 4.69) is 0 Å². The van der Waals surface area contributed by atoms with Crippen molar-refractivity contribution in [1.82, 2.24) is 0 Å². The van der Waals surface area contributed by atoms with E-state index in [1.807, 2.05) is 6.07 Å². The maximum atomic E-state index is 11.9. The van der Waals surface area contributed by atoms with Gasteiger partial charge in [-0.25, -0.2) is 4.90 Å². The van der Waals surface area contributed by atoms with Crippen LogP contribution in [0, 0.1) is 11.3 Å². The van der Waals surface area contributed by atoms with Crippen LogP contribution in [0.15, 0.2) is 24.3 Å². The first kappa shape index (κ1) is 11.7. The zero-order valence-corrected chi connectivity index (χ0v) is 10.0. The lowest BCUT2D eigenvalue weighted by molar-refractivity contribution is -0.125. The van der Waals surface area contributed by atoms with Crippen LogP contribution in [0.5, 0.6) is 0 Å². The van der Waals surface area contributed by atoms with Crippen molar-refractivity contribution in [3.8, 4) is 6.07 Å². The molecule has 0 radical (unpaired) electrons. The van der Waals surface area contributed by atoms with Crippen LogP contribution in [0.4, 0.5) is 5.69 Å². The fraction of sp³-hybridized carbons (Fsp3) is 0.250. The monoisotopic (exact) mass is 246 g/mol. The van der Waals surface area contributed by atoms with Crippen LogP contribution in [0.25, 0.3) is 0 Å². The molecule has 0 aromatic heterocycles. The summed E-state index contributed by atoms with van der Waals surface area (Å²) in [4.78, 5) is 24.8. The number of carbonyl (C=O) groups is 2. The summed E-state index contributed by atoms with van der Waals surface area (Å²) in [5.74, 6) is -0.0915. The Kier molecular flexibility index (Phi) is 3.16. The second kappa shape index (κ2) is 4.60. The maximum Gasteiger partial charge on any atom is 0.246 e. The highest BCUT2D eigenvalue weighted by atomic mass is 32.2. The SMILES string of the molecule is C[C@H]1SCC(=O)N(c2ccc(C#N)cc2)C1=O. The zero-order valence-electron chi connectivity index (χ0n) is 9.21. The van der Waals surface area contributed by atoms with Gasteiger partial charge in [-0.2, -0.15) is 5.26 Å². The average molecular weight is 246 g/mol. The molecule has 0 aliphatic carbocycles. The van der Waals surface area contributed by atoms with E-state index in [4.69, 9.17) is 5.26 Å². The van der Waals surface area contributed by atoms with E-state index in [9.17, 15) is 9.59 Å². The van der Waals surface area contributed by atoms with E-state index in [0.717, 1.165) is 0 Å². The van der Waals surface area contributed by atoms with Crippen molar-refractivity contribution in [3.63, 3.8) is 0 Å². The van der Waals surface area contributed by atoms with Crippen LogP contribution in [-0.4, -0.2) is 22.8 Å². The van der Waals surface area contributed by atoms with Crippen molar-refractivity contribution in [2.24, 2.45) is 0 Å². The van der Waals surface area contributed by atoms with Crippen LogP contribution in [0.1, 0.15) is 12.5 Å². The predicted octanol–water partition coefficient (Wildman–Crippen LogP) is 1.55. The number of thioether (sulfide) groups is 1. The van der Waals surface area contributed by atoms with Gasteiger partial charge in [0.15, 0.2) is 0 Å². The number of nitrogens with zero attached hydrogens (tertiary/aromatic N) is 2. The predicted molar refractivity (Wildman–Crippen MR) is 65.6 cm³/mol. The van der Waals surface area contributed by atoms with Gasteiger partial charge in [0.25, 0.3) is 0 Å². The van der Waals surface area contributed by atoms with Gasteiger partial charge >= 0.3 is 0 Å². The van der Waals surface area contributed by atoms with Gasteiger partial charge < -0.3 is 0 Å². The molecular formula is C12H10N2O2S. The number of hydrogen-bond donors (Lipinski definition) is 0. The second-order valence-corrected chi connectivity index (χ2v) is 5.01. The second-order valence-electron chi connectivity index (χ2n) is 3.68. The zero-order chi connectivity index (χ0) is 12.4. The first-order valence-electron chi connectivity index (χ1n) is 5.12. The molecule has 2 amide bonds. The summed E-state index contributed by atoms with van der Waals surface area (Å²) in [5, 5.41) is 8.48. The number of benzene rings is 1. The van der Waals surface area contributed by atoms with Gasteiger partial charge in [-0.1, -0.05) is 0 Å². The molecule has 1 atom stereocenters. The van der Waals surface area contributed by atoms with Crippen LogP contribution in [0.2, 0.25) is 0 Å². The minimum atomic E-state index is -0.206. The van der Waals surface area contributed by atoms with Crippen molar-refractivity contribution in [2.75, 3.05) is 10.7 Å². The first-order chi connectivity index (χ1) is 8.13. The maximum absolute atomic E-state index is 11.9. The molecule has 0 N–H and O–H groups in total. The Morgan fingerprint density at radius 3 is 2.59 bits per heavy atom. The van der Waals surface area contributed by atoms with Gasteiger partial charge in [0, 0.05) is 0 Å². The molecule has 1 aromatic rings. The van der Waals surface area contributed by atoms with E-state index in [1.54, 1.807) is 31.2 Å². The highest BCUT2D eigenvalue weighted by molar-refractivity contribution is 8.01. The van der Waals surface area contributed by atoms with Crippen LogP contribution < -0.4 is 4.90 Å². The Morgan fingerprint density at radius 1 is 1.35 bits per heavy atom. The van der Waals surface area contributed by atoms with Crippen molar-refractivity contribution in [3.05, 3.63) is 29.8 Å². The van der Waals surface area contributed by atoms with Gasteiger partial charge in [-0.3, -0.25) is 9.59 Å². The molecule has 1 saturated heterocycles. The van der Waals surface area contributed by atoms with E-state index < -0.39 is 0 Å². The highest BCUT2D eigenvalue weighted by Gasteiger charge is 2.33. The van der Waals surface area contributed by atoms with Crippen molar-refractivity contribution < 1.29 is 9.59 Å². The quantitative estimate of drug-likeness (QED) is 0.705. The minimum Gasteiger partial charge on any atom is -0.273 e. The summed E-state index contributed by atoms with van der Waals surface area (Å²) in [6, 6.07) is 8.44. The third-order valence-corrected chi connectivity index (χ3v) is 3.64. The number of amides is 2. The van der Waals surface area contributed by atoms with E-state index in [-0.39, 0.29) is 17.1 Å².